The van der Waals surface area contributed by atoms with Gasteiger partial charge in [0.25, 0.3) is 0 Å². The molecule has 0 saturated carbocycles. The van der Waals surface area contributed by atoms with Crippen LogP contribution in [-0.4, -0.2) is 243 Å². The van der Waals surface area contributed by atoms with E-state index in [2.05, 4.69) is 21.3 Å². The summed E-state index contributed by atoms with van der Waals surface area (Å²) in [6.45, 7) is 24.6. The van der Waals surface area contributed by atoms with Crippen LogP contribution >= 0.6 is 0 Å². The average molecular weight is 1160 g/mol. The van der Waals surface area contributed by atoms with Crippen molar-refractivity contribution in [1.29, 1.82) is 0 Å². The first-order valence-electron chi connectivity index (χ1n) is 29.0. The number of carbonyl (C=O) groups is 10. The summed E-state index contributed by atoms with van der Waals surface area (Å²) in [7, 11) is 9.62. The maximum absolute atomic E-state index is 15.1. The van der Waals surface area contributed by atoms with E-state index in [9.17, 15) is 53.7 Å². The van der Waals surface area contributed by atoms with Crippen molar-refractivity contribution in [3.05, 3.63) is 12.2 Å². The van der Waals surface area contributed by atoms with Crippen molar-refractivity contribution in [3.63, 3.8) is 0 Å². The van der Waals surface area contributed by atoms with Gasteiger partial charge in [0.1, 0.15) is 54.6 Å². The Morgan fingerprint density at radius 3 is 1.48 bits per heavy atom. The summed E-state index contributed by atoms with van der Waals surface area (Å²) in [5.41, 5.74) is 0. The normalized spacial score (nSPS) is 28.7. The zero-order valence-electron chi connectivity index (χ0n) is 53.3. The van der Waals surface area contributed by atoms with E-state index in [4.69, 9.17) is 0 Å². The summed E-state index contributed by atoms with van der Waals surface area (Å²) in [5, 5.41) is 45.5. The Bertz CT molecular complexity index is 2210. The van der Waals surface area contributed by atoms with Crippen LogP contribution in [0.15, 0.2) is 12.2 Å². The van der Waals surface area contributed by atoms with Crippen molar-refractivity contribution < 1.29 is 63.3 Å². The molecule has 0 aromatic rings. The molecule has 1 fully saturated rings. The van der Waals surface area contributed by atoms with Gasteiger partial charge >= 0.3 is 0 Å². The van der Waals surface area contributed by atoms with Crippen molar-refractivity contribution in [2.24, 2.45) is 29.6 Å². The molecule has 14 atom stereocenters. The molecule has 1 saturated heterocycles. The average Bonchev–Trinajstić information content (AvgIpc) is 3.43. The summed E-state index contributed by atoms with van der Waals surface area (Å²) in [5.74, 6) is -8.79. The lowest BCUT2D eigenvalue weighted by molar-refractivity contribution is -0.157. The number of amides is 10. The van der Waals surface area contributed by atoms with Gasteiger partial charge < -0.3 is 65.6 Å². The van der Waals surface area contributed by atoms with Crippen LogP contribution in [0.1, 0.15) is 136 Å². The van der Waals surface area contributed by atoms with E-state index in [-0.39, 0.29) is 43.4 Å². The fourth-order valence-electron chi connectivity index (χ4n) is 10.2. The molecule has 0 aliphatic carbocycles. The molecule has 24 heteroatoms. The number of rotatable bonds is 13. The van der Waals surface area contributed by atoms with Gasteiger partial charge in [-0.3, -0.25) is 53.3 Å². The van der Waals surface area contributed by atoms with Crippen LogP contribution in [0.5, 0.6) is 0 Å². The molecule has 1 unspecified atom stereocenters. The zero-order valence-corrected chi connectivity index (χ0v) is 53.3. The monoisotopic (exact) mass is 1160 g/mol. The molecule has 0 spiro atoms. The number of hydrogen-bond acceptors (Lipinski definition) is 14. The molecule has 1 heterocycles. The van der Waals surface area contributed by atoms with Crippen LogP contribution in [-0.2, 0) is 47.9 Å². The van der Waals surface area contributed by atoms with Crippen molar-refractivity contribution in [2.45, 2.75) is 215 Å². The highest BCUT2D eigenvalue weighted by molar-refractivity contribution is 5.98. The van der Waals surface area contributed by atoms with Gasteiger partial charge in [0.05, 0.1) is 30.8 Å². The predicted molar refractivity (Wildman–Crippen MR) is 313 cm³/mol. The van der Waals surface area contributed by atoms with E-state index in [0.717, 1.165) is 19.6 Å². The largest absolute Gasteiger partial charge is 0.391 e. The predicted octanol–water partition coefficient (Wildman–Crippen LogP) is 0.759. The minimum absolute atomic E-state index is 0.00313. The number of nitrogens with one attached hydrogen (secondary N) is 4. The lowest BCUT2D eigenvalue weighted by Gasteiger charge is -2.41. The molecule has 0 aromatic carbocycles. The number of carbonyl (C=O) groups excluding carboxylic acids is 10. The standard InChI is InChI=1S/C58H105N11O13/c1-23-25-26-35(11)48(72)47-52(76)61-40(24-2)54(78)63(16)30-44(71)67(20)46(39(15)70)51(75)62-41(27-31(3)4)55(79)64(17)38(14)50(74)59-36(12)49(73)60-37(13)53(77)65(18)42(28-32(5)6)56(80)66(19)43(29-33(7)8)57(81)68(21)45(34(9)10)58(82)69(47)22/h23,25,31-43,45-48,51,62,70,72,75H,24,26-30H2,1-22H3,(H,59,74)(H,60,73)(H,61,76)/b25-23+/t35-,36+,37-,38+,39-,40+,41+,42+,43-,45+,46+,47+,48-,51?/m1/s1. The molecular weight excluding hydrogens is 1060 g/mol. The molecular formula is C58H105N11O13. The van der Waals surface area contributed by atoms with E-state index < -0.39 is 156 Å². The van der Waals surface area contributed by atoms with Crippen LogP contribution in [0.3, 0.4) is 0 Å². The number of allylic oxidation sites excluding steroid dienone is 2. The van der Waals surface area contributed by atoms with Gasteiger partial charge in [-0.05, 0) is 96.3 Å². The molecule has 10 amide bonds. The molecule has 470 valence electrons. The maximum Gasteiger partial charge on any atom is 0.246 e. The Morgan fingerprint density at radius 1 is 0.537 bits per heavy atom. The number of likely N-dealkylation sites (N-methyl/N-ethyl adjacent to an activating group) is 7. The lowest BCUT2D eigenvalue weighted by Crippen LogP contribution is -2.63. The van der Waals surface area contributed by atoms with Gasteiger partial charge in [0.2, 0.25) is 59.1 Å². The van der Waals surface area contributed by atoms with Gasteiger partial charge in [-0.25, -0.2) is 0 Å². The smallest absolute Gasteiger partial charge is 0.246 e. The fourth-order valence-corrected chi connectivity index (χ4v) is 10.2. The maximum atomic E-state index is 15.1. The summed E-state index contributed by atoms with van der Waals surface area (Å²) in [4.78, 5) is 152. The molecule has 0 radical (unpaired) electrons. The van der Waals surface area contributed by atoms with Crippen molar-refractivity contribution in [2.75, 3.05) is 55.9 Å². The van der Waals surface area contributed by atoms with Gasteiger partial charge in [0.15, 0.2) is 0 Å². The van der Waals surface area contributed by atoms with Crippen LogP contribution in [0.4, 0.5) is 0 Å². The van der Waals surface area contributed by atoms with E-state index in [1.165, 1.54) is 91.7 Å². The zero-order chi connectivity index (χ0) is 63.7. The van der Waals surface area contributed by atoms with Crippen molar-refractivity contribution in [1.82, 2.24) is 55.6 Å². The van der Waals surface area contributed by atoms with E-state index in [1.54, 1.807) is 46.8 Å². The quantitative estimate of drug-likeness (QED) is 0.125. The third-order valence-electron chi connectivity index (χ3n) is 15.5. The number of aliphatic hydroxyl groups excluding tert-OH is 3. The molecule has 24 nitrogen and oxygen atoms in total. The van der Waals surface area contributed by atoms with Crippen LogP contribution in [0.2, 0.25) is 0 Å². The Labute approximate surface area is 488 Å². The van der Waals surface area contributed by atoms with Gasteiger partial charge in [-0.1, -0.05) is 81.4 Å². The molecule has 0 bridgehead atoms. The molecule has 7 N–H and O–H groups in total. The molecule has 1 rings (SSSR count). The second-order valence-electron chi connectivity index (χ2n) is 24.3. The number of nitrogens with zero attached hydrogens (tertiary/aromatic N) is 7. The fraction of sp³-hybridized carbons (Fsp3) is 0.793. The van der Waals surface area contributed by atoms with Crippen molar-refractivity contribution in [3.8, 4) is 0 Å². The minimum atomic E-state index is -1.75. The first-order chi connectivity index (χ1) is 37.8. The second-order valence-corrected chi connectivity index (χ2v) is 24.3. The first-order valence-corrected chi connectivity index (χ1v) is 29.0. The summed E-state index contributed by atoms with van der Waals surface area (Å²) in [6.07, 6.45) is -0.393. The third kappa shape index (κ3) is 20.3. The summed E-state index contributed by atoms with van der Waals surface area (Å²) >= 11 is 0. The first kappa shape index (κ1) is 74.3. The van der Waals surface area contributed by atoms with E-state index in [1.807, 2.05) is 41.5 Å². The number of hydrogen-bond donors (Lipinski definition) is 7. The number of aliphatic hydroxyl groups is 3. The Balaban J connectivity index is 4.23. The lowest BCUT2D eigenvalue weighted by atomic mass is 9.91. The highest BCUT2D eigenvalue weighted by Crippen LogP contribution is 2.25. The molecule has 82 heavy (non-hydrogen) atoms. The van der Waals surface area contributed by atoms with Crippen molar-refractivity contribution >= 4 is 59.1 Å². The highest BCUT2D eigenvalue weighted by atomic mass is 16.3. The molecule has 0 aromatic heterocycles. The summed E-state index contributed by atoms with van der Waals surface area (Å²) < 4.78 is 0. The SMILES string of the molecule is C/C=C/C[C@@H](C)[C@@H](O)[C@H]1C(=O)N[C@@H](CC)C(=O)N(C)CC(=O)N(C)[C@@H]([C@@H](C)O)C(O)N[C@@H](CC(C)C)C(=O)N(C)[C@@H](C)C(=O)N[C@@H](C)C(=O)N[C@H](C)C(=O)N(C)[C@@H](CC(C)C)C(=O)N(C)[C@H](CC(C)C)C(=O)N(C)[C@@H](C(C)C)C(=O)N1C. The van der Waals surface area contributed by atoms with E-state index >= 15 is 9.59 Å². The Hall–Kier alpha value is -5.72. The Morgan fingerprint density at radius 2 is 1.01 bits per heavy atom. The van der Waals surface area contributed by atoms with Gasteiger partial charge in [-0.15, -0.1) is 0 Å². The molecule has 1 aliphatic rings. The summed E-state index contributed by atoms with van der Waals surface area (Å²) in [6, 6.07) is -12.7. The second kappa shape index (κ2) is 33.5. The third-order valence-corrected chi connectivity index (χ3v) is 15.5. The Kier molecular flexibility index (Phi) is 30.4. The van der Waals surface area contributed by atoms with Crippen LogP contribution < -0.4 is 21.3 Å². The minimum Gasteiger partial charge on any atom is -0.391 e. The van der Waals surface area contributed by atoms with Crippen LogP contribution in [0.25, 0.3) is 0 Å². The molecule has 1 aliphatic heterocycles. The van der Waals surface area contributed by atoms with Crippen LogP contribution in [0, 0.1) is 29.6 Å². The van der Waals surface area contributed by atoms with Gasteiger partial charge in [0, 0.05) is 49.3 Å². The highest BCUT2D eigenvalue weighted by Gasteiger charge is 2.45. The van der Waals surface area contributed by atoms with E-state index in [0.29, 0.717) is 6.42 Å². The van der Waals surface area contributed by atoms with Gasteiger partial charge in [-0.2, -0.15) is 0 Å². The topological polar surface area (TPSA) is 302 Å².